The molecule has 5 aromatic rings. The van der Waals surface area contributed by atoms with Crippen LogP contribution in [0.2, 0.25) is 0 Å². The molecule has 61 heavy (non-hydrogen) atoms. The third kappa shape index (κ3) is 9.21. The standard InChI is InChI=1S/C51H54N4O6/c56-41(23-25-53-26-28-54(29-27-53)40-14-19-46-39(31-40)33-55(51(46)59)47-21-22-48(57)52-50(47)58)24-30-60-42-15-11-37(12-16-42)49-44(36-9-5-2-6-10-36)18-13-38-32-43(17-20-45(38)49)61-34-35-7-3-1-4-8-35/h1-12,14-17,19-20,31-32,41,44,47,49,56H,13,18,21-30,33-34H2,(H,52,57,58)/t41?,44-,47?,49+/m1/s1. The monoisotopic (exact) mass is 818 g/mol. The molecule has 3 amide bonds. The number of piperidine rings is 1. The zero-order valence-corrected chi connectivity index (χ0v) is 34.6. The molecule has 2 N–H and O–H groups in total. The molecule has 10 heteroatoms. The topological polar surface area (TPSA) is 112 Å². The first-order chi connectivity index (χ1) is 29.9. The Morgan fingerprint density at radius 3 is 2.23 bits per heavy atom. The zero-order valence-electron chi connectivity index (χ0n) is 34.6. The summed E-state index contributed by atoms with van der Waals surface area (Å²) in [6, 6.07) is 41.7. The number of amides is 3. The van der Waals surface area contributed by atoms with Crippen LogP contribution in [0.25, 0.3) is 0 Å². The number of ether oxygens (including phenoxy) is 2. The number of benzene rings is 5. The van der Waals surface area contributed by atoms with Crippen LogP contribution < -0.4 is 19.7 Å². The molecule has 2 saturated heterocycles. The van der Waals surface area contributed by atoms with E-state index in [2.05, 4.69) is 106 Å². The van der Waals surface area contributed by atoms with E-state index in [-0.39, 0.29) is 24.2 Å². The maximum Gasteiger partial charge on any atom is 0.255 e. The van der Waals surface area contributed by atoms with Crippen molar-refractivity contribution >= 4 is 23.4 Å². The molecule has 9 rings (SSSR count). The van der Waals surface area contributed by atoms with Crippen molar-refractivity contribution in [2.45, 2.75) is 75.7 Å². The number of nitrogens with one attached hydrogen (secondary N) is 1. The highest BCUT2D eigenvalue weighted by Gasteiger charge is 2.39. The summed E-state index contributed by atoms with van der Waals surface area (Å²) in [6.07, 6.45) is 3.45. The quantitative estimate of drug-likeness (QED) is 0.113. The Labute approximate surface area is 358 Å². The first-order valence-corrected chi connectivity index (χ1v) is 21.9. The molecule has 2 unspecified atom stereocenters. The Morgan fingerprint density at radius 1 is 0.705 bits per heavy atom. The van der Waals surface area contributed by atoms with Crippen molar-refractivity contribution in [3.05, 3.63) is 160 Å². The number of fused-ring (bicyclic) bond motifs is 2. The summed E-state index contributed by atoms with van der Waals surface area (Å²) < 4.78 is 12.4. The highest BCUT2D eigenvalue weighted by molar-refractivity contribution is 6.05. The van der Waals surface area contributed by atoms with Crippen LogP contribution in [0, 0.1) is 0 Å². The Bertz CT molecular complexity index is 2330. The minimum absolute atomic E-state index is 0.151. The van der Waals surface area contributed by atoms with Gasteiger partial charge in [-0.1, -0.05) is 78.9 Å². The van der Waals surface area contributed by atoms with Crippen molar-refractivity contribution in [1.29, 1.82) is 0 Å². The first kappa shape index (κ1) is 40.4. The summed E-state index contributed by atoms with van der Waals surface area (Å²) in [6.45, 7) is 5.65. The van der Waals surface area contributed by atoms with Gasteiger partial charge in [-0.25, -0.2) is 0 Å². The van der Waals surface area contributed by atoms with Crippen molar-refractivity contribution in [1.82, 2.24) is 15.1 Å². The Hall–Kier alpha value is -5.97. The molecule has 3 aliphatic heterocycles. The van der Waals surface area contributed by atoms with Crippen molar-refractivity contribution in [2.24, 2.45) is 0 Å². The molecule has 4 atom stereocenters. The lowest BCUT2D eigenvalue weighted by Gasteiger charge is -2.36. The van der Waals surface area contributed by atoms with Crippen LogP contribution in [0.5, 0.6) is 11.5 Å². The second-order valence-electron chi connectivity index (χ2n) is 16.9. The molecule has 4 aliphatic rings. The number of anilines is 1. The number of hydrogen-bond donors (Lipinski definition) is 2. The fourth-order valence-electron chi connectivity index (χ4n) is 9.65. The maximum absolute atomic E-state index is 13.1. The number of rotatable bonds is 14. The molecule has 3 heterocycles. The number of aliphatic hydroxyl groups excluding tert-OH is 1. The van der Waals surface area contributed by atoms with E-state index in [1.165, 1.54) is 22.3 Å². The molecular formula is C51H54N4O6. The lowest BCUT2D eigenvalue weighted by molar-refractivity contribution is -0.136. The zero-order chi connectivity index (χ0) is 41.7. The second kappa shape index (κ2) is 18.3. The number of hydrogen-bond acceptors (Lipinski definition) is 8. The number of piperazine rings is 1. The predicted octanol–water partition coefficient (Wildman–Crippen LogP) is 7.23. The normalized spacial score (nSPS) is 20.8. The van der Waals surface area contributed by atoms with Crippen LogP contribution >= 0.6 is 0 Å². The maximum atomic E-state index is 13.1. The number of carbonyl (C=O) groups excluding carboxylic acids is 3. The van der Waals surface area contributed by atoms with E-state index >= 15 is 0 Å². The van der Waals surface area contributed by atoms with Gasteiger partial charge in [0.05, 0.1) is 12.7 Å². The predicted molar refractivity (Wildman–Crippen MR) is 235 cm³/mol. The van der Waals surface area contributed by atoms with E-state index in [0.29, 0.717) is 50.5 Å². The van der Waals surface area contributed by atoms with E-state index in [9.17, 15) is 19.5 Å². The SMILES string of the molecule is O=C1CCC(N2Cc3cc(N4CCN(CCC(O)CCOc5ccc([C@@H]6c7ccc(OCc8ccccc8)cc7CC[C@@H]6c6ccccc6)cc5)CC4)ccc3C2=O)C(=O)N1. The van der Waals surface area contributed by atoms with Gasteiger partial charge >= 0.3 is 0 Å². The van der Waals surface area contributed by atoms with Crippen molar-refractivity contribution < 1.29 is 29.0 Å². The number of aryl methyl sites for hydroxylation is 1. The Kier molecular flexibility index (Phi) is 12.2. The summed E-state index contributed by atoms with van der Waals surface area (Å²) in [5.74, 6) is 1.46. The Balaban J connectivity index is 0.744. The van der Waals surface area contributed by atoms with Gasteiger partial charge in [0.15, 0.2) is 0 Å². The molecule has 0 aromatic heterocycles. The molecule has 0 radical (unpaired) electrons. The first-order valence-electron chi connectivity index (χ1n) is 21.9. The van der Waals surface area contributed by atoms with E-state index in [1.807, 2.05) is 30.3 Å². The molecule has 5 aromatic carbocycles. The minimum Gasteiger partial charge on any atom is -0.493 e. The summed E-state index contributed by atoms with van der Waals surface area (Å²) in [4.78, 5) is 43.5. The van der Waals surface area contributed by atoms with Crippen LogP contribution in [-0.2, 0) is 29.2 Å². The lowest BCUT2D eigenvalue weighted by Crippen LogP contribution is -2.52. The molecular weight excluding hydrogens is 765 g/mol. The number of carbonyl (C=O) groups is 3. The van der Waals surface area contributed by atoms with Gasteiger partial charge < -0.3 is 24.4 Å². The third-order valence-corrected chi connectivity index (χ3v) is 13.0. The lowest BCUT2D eigenvalue weighted by atomic mass is 9.69. The molecule has 0 bridgehead atoms. The second-order valence-corrected chi connectivity index (χ2v) is 16.9. The average molecular weight is 819 g/mol. The number of aliphatic hydroxyl groups is 1. The molecule has 2 fully saturated rings. The largest absolute Gasteiger partial charge is 0.493 e. The van der Waals surface area contributed by atoms with Crippen LogP contribution in [0.4, 0.5) is 5.69 Å². The van der Waals surface area contributed by atoms with Crippen LogP contribution in [0.1, 0.15) is 87.7 Å². The summed E-state index contributed by atoms with van der Waals surface area (Å²) >= 11 is 0. The van der Waals surface area contributed by atoms with Gasteiger partial charge in [-0.05, 0) is 107 Å². The van der Waals surface area contributed by atoms with Crippen LogP contribution in [0.15, 0.2) is 121 Å². The van der Waals surface area contributed by atoms with Gasteiger partial charge in [0.25, 0.3) is 5.91 Å². The van der Waals surface area contributed by atoms with Crippen LogP contribution in [-0.4, -0.2) is 84.1 Å². The van der Waals surface area contributed by atoms with Gasteiger partial charge in [-0.2, -0.15) is 0 Å². The van der Waals surface area contributed by atoms with Gasteiger partial charge in [0.2, 0.25) is 11.8 Å². The van der Waals surface area contributed by atoms with E-state index in [4.69, 9.17) is 9.47 Å². The number of imide groups is 1. The van der Waals surface area contributed by atoms with Crippen LogP contribution in [0.3, 0.4) is 0 Å². The van der Waals surface area contributed by atoms with Crippen molar-refractivity contribution in [3.63, 3.8) is 0 Å². The van der Waals surface area contributed by atoms with E-state index in [1.54, 1.807) is 4.90 Å². The fourth-order valence-corrected chi connectivity index (χ4v) is 9.65. The van der Waals surface area contributed by atoms with E-state index in [0.717, 1.165) is 73.9 Å². The van der Waals surface area contributed by atoms with Gasteiger partial charge in [-0.15, -0.1) is 0 Å². The Morgan fingerprint density at radius 2 is 1.46 bits per heavy atom. The van der Waals surface area contributed by atoms with E-state index < -0.39 is 18.1 Å². The average Bonchev–Trinajstić information content (AvgIpc) is 3.62. The molecule has 10 nitrogen and oxygen atoms in total. The highest BCUT2D eigenvalue weighted by atomic mass is 16.5. The third-order valence-electron chi connectivity index (χ3n) is 13.0. The van der Waals surface area contributed by atoms with Gasteiger partial charge in [-0.3, -0.25) is 24.6 Å². The van der Waals surface area contributed by atoms with Crippen molar-refractivity contribution in [2.75, 3.05) is 44.2 Å². The van der Waals surface area contributed by atoms with Gasteiger partial charge in [0.1, 0.15) is 24.1 Å². The summed E-state index contributed by atoms with van der Waals surface area (Å²) in [5.41, 5.74) is 9.10. The molecule has 0 spiro atoms. The summed E-state index contributed by atoms with van der Waals surface area (Å²) in [7, 11) is 0. The highest BCUT2D eigenvalue weighted by Crippen LogP contribution is 2.47. The molecule has 1 aliphatic carbocycles. The summed E-state index contributed by atoms with van der Waals surface area (Å²) in [5, 5.41) is 13.3. The molecule has 0 saturated carbocycles. The smallest absolute Gasteiger partial charge is 0.255 e. The fraction of sp³-hybridized carbons (Fsp3) is 0.353. The molecule has 314 valence electrons. The number of nitrogens with zero attached hydrogens (tertiary/aromatic N) is 3. The van der Waals surface area contributed by atoms with Crippen molar-refractivity contribution in [3.8, 4) is 11.5 Å². The van der Waals surface area contributed by atoms with Gasteiger partial charge in [0, 0.05) is 69.3 Å². The minimum atomic E-state index is -0.612.